The Morgan fingerprint density at radius 2 is 1.83 bits per heavy atom. The Morgan fingerprint density at radius 1 is 1.28 bits per heavy atom. The molecule has 18 heavy (non-hydrogen) atoms. The predicted octanol–water partition coefficient (Wildman–Crippen LogP) is 3.79. The first kappa shape index (κ1) is 15.3. The maximum atomic E-state index is 12.6. The highest BCUT2D eigenvalue weighted by atomic mass is 127. The largest absolute Gasteiger partial charge is 0.417 e. The quantitative estimate of drug-likeness (QED) is 0.741. The zero-order valence-corrected chi connectivity index (χ0v) is 12.2. The predicted molar refractivity (Wildman–Crippen MR) is 71.4 cm³/mol. The summed E-state index contributed by atoms with van der Waals surface area (Å²) in [6, 6.07) is 3.47. The molecular formula is C12H13F3INO. The molecule has 0 aliphatic rings. The fraction of sp³-hybridized carbons (Fsp3) is 0.417. The van der Waals surface area contributed by atoms with Crippen molar-refractivity contribution >= 4 is 28.5 Å². The van der Waals surface area contributed by atoms with Crippen molar-refractivity contribution in [3.05, 3.63) is 32.9 Å². The molecule has 0 spiro atoms. The topological polar surface area (TPSA) is 20.3 Å². The van der Waals surface area contributed by atoms with Crippen LogP contribution >= 0.6 is 22.6 Å². The first-order valence-electron chi connectivity index (χ1n) is 5.47. The van der Waals surface area contributed by atoms with Gasteiger partial charge in [0.1, 0.15) is 0 Å². The SMILES string of the molecule is CCN(CC)C(=O)c1ccc(C(F)(F)F)c(I)c1. The van der Waals surface area contributed by atoms with Crippen LogP contribution in [0.1, 0.15) is 29.8 Å². The summed E-state index contributed by atoms with van der Waals surface area (Å²) in [7, 11) is 0. The van der Waals surface area contributed by atoms with E-state index in [0.717, 1.165) is 6.07 Å². The van der Waals surface area contributed by atoms with Crippen LogP contribution in [0.4, 0.5) is 13.2 Å². The van der Waals surface area contributed by atoms with Gasteiger partial charge < -0.3 is 4.90 Å². The summed E-state index contributed by atoms with van der Waals surface area (Å²) in [5.41, 5.74) is -0.421. The van der Waals surface area contributed by atoms with Crippen LogP contribution in [0.3, 0.4) is 0 Å². The van der Waals surface area contributed by atoms with E-state index in [-0.39, 0.29) is 15.0 Å². The van der Waals surface area contributed by atoms with Gasteiger partial charge in [-0.05, 0) is 54.6 Å². The zero-order valence-electron chi connectivity index (χ0n) is 10.0. The van der Waals surface area contributed by atoms with E-state index in [4.69, 9.17) is 0 Å². The maximum absolute atomic E-state index is 12.6. The second-order valence-electron chi connectivity index (χ2n) is 3.67. The van der Waals surface area contributed by atoms with Gasteiger partial charge in [0.05, 0.1) is 5.56 Å². The van der Waals surface area contributed by atoms with Gasteiger partial charge in [0, 0.05) is 22.2 Å². The lowest BCUT2D eigenvalue weighted by molar-refractivity contribution is -0.138. The molecule has 1 amide bonds. The third-order valence-corrected chi connectivity index (χ3v) is 3.46. The van der Waals surface area contributed by atoms with E-state index in [2.05, 4.69) is 0 Å². The van der Waals surface area contributed by atoms with Crippen molar-refractivity contribution in [2.75, 3.05) is 13.1 Å². The lowest BCUT2D eigenvalue weighted by atomic mass is 10.1. The molecule has 0 unspecified atom stereocenters. The van der Waals surface area contributed by atoms with Crippen molar-refractivity contribution < 1.29 is 18.0 Å². The van der Waals surface area contributed by atoms with Gasteiger partial charge in [-0.2, -0.15) is 13.2 Å². The molecule has 0 saturated heterocycles. The summed E-state index contributed by atoms with van der Waals surface area (Å²) >= 11 is 1.60. The van der Waals surface area contributed by atoms with Crippen molar-refractivity contribution in [3.8, 4) is 0 Å². The normalized spacial score (nSPS) is 11.4. The maximum Gasteiger partial charge on any atom is 0.417 e. The number of hydrogen-bond acceptors (Lipinski definition) is 1. The van der Waals surface area contributed by atoms with Gasteiger partial charge in [-0.1, -0.05) is 0 Å². The minimum Gasteiger partial charge on any atom is -0.339 e. The Morgan fingerprint density at radius 3 is 2.22 bits per heavy atom. The molecule has 1 rings (SSSR count). The van der Waals surface area contributed by atoms with E-state index in [9.17, 15) is 18.0 Å². The summed E-state index contributed by atoms with van der Waals surface area (Å²) in [5, 5.41) is 0. The van der Waals surface area contributed by atoms with Gasteiger partial charge in [0.15, 0.2) is 0 Å². The molecule has 0 aliphatic heterocycles. The van der Waals surface area contributed by atoms with Crippen molar-refractivity contribution in [1.29, 1.82) is 0 Å². The van der Waals surface area contributed by atoms with E-state index in [1.54, 1.807) is 27.5 Å². The monoisotopic (exact) mass is 371 g/mol. The van der Waals surface area contributed by atoms with Crippen molar-refractivity contribution in [1.82, 2.24) is 4.90 Å². The molecular weight excluding hydrogens is 358 g/mol. The smallest absolute Gasteiger partial charge is 0.339 e. The van der Waals surface area contributed by atoms with E-state index in [1.165, 1.54) is 12.1 Å². The van der Waals surface area contributed by atoms with Crippen LogP contribution in [0.2, 0.25) is 0 Å². The number of amides is 1. The minimum atomic E-state index is -4.38. The summed E-state index contributed by atoms with van der Waals surface area (Å²) in [4.78, 5) is 13.5. The van der Waals surface area contributed by atoms with E-state index in [0.29, 0.717) is 13.1 Å². The first-order valence-corrected chi connectivity index (χ1v) is 6.55. The third kappa shape index (κ3) is 3.37. The first-order chi connectivity index (χ1) is 8.31. The Hall–Kier alpha value is -0.790. The number of rotatable bonds is 3. The molecule has 0 aromatic heterocycles. The molecule has 1 aromatic rings. The van der Waals surface area contributed by atoms with Gasteiger partial charge >= 0.3 is 6.18 Å². The van der Waals surface area contributed by atoms with E-state index in [1.807, 2.05) is 13.8 Å². The molecule has 0 heterocycles. The molecule has 0 fully saturated rings. The minimum absolute atomic E-state index is 0.0399. The number of benzene rings is 1. The number of alkyl halides is 3. The summed E-state index contributed by atoms with van der Waals surface area (Å²) in [6.45, 7) is 4.73. The van der Waals surface area contributed by atoms with Gasteiger partial charge in [0.2, 0.25) is 0 Å². The molecule has 0 atom stereocenters. The fourth-order valence-electron chi connectivity index (χ4n) is 1.57. The highest BCUT2D eigenvalue weighted by Crippen LogP contribution is 2.33. The Bertz CT molecular complexity index is 441. The Kier molecular flexibility index (Phi) is 5.01. The zero-order chi connectivity index (χ0) is 13.9. The number of carbonyl (C=O) groups is 1. The van der Waals surface area contributed by atoms with Crippen LogP contribution in [0.25, 0.3) is 0 Å². The Balaban J connectivity index is 3.08. The van der Waals surface area contributed by atoms with Crippen LogP contribution in [0.5, 0.6) is 0 Å². The molecule has 0 aliphatic carbocycles. The number of hydrogen-bond donors (Lipinski definition) is 0. The number of carbonyl (C=O) groups excluding carboxylic acids is 1. The second-order valence-corrected chi connectivity index (χ2v) is 4.83. The third-order valence-electron chi connectivity index (χ3n) is 2.57. The summed E-state index contributed by atoms with van der Waals surface area (Å²) < 4.78 is 37.8. The average Bonchev–Trinajstić information content (AvgIpc) is 2.28. The van der Waals surface area contributed by atoms with Gasteiger partial charge in [-0.3, -0.25) is 4.79 Å². The summed E-state index contributed by atoms with van der Waals surface area (Å²) in [5.74, 6) is -0.244. The van der Waals surface area contributed by atoms with Gasteiger partial charge in [0.25, 0.3) is 5.91 Å². The van der Waals surface area contributed by atoms with Crippen molar-refractivity contribution in [2.24, 2.45) is 0 Å². The van der Waals surface area contributed by atoms with Crippen LogP contribution in [0.15, 0.2) is 18.2 Å². The highest BCUT2D eigenvalue weighted by molar-refractivity contribution is 14.1. The molecule has 0 bridgehead atoms. The molecule has 1 aromatic carbocycles. The molecule has 100 valence electrons. The summed E-state index contributed by atoms with van der Waals surface area (Å²) in [6.07, 6.45) is -4.38. The van der Waals surface area contributed by atoms with Crippen molar-refractivity contribution in [3.63, 3.8) is 0 Å². The van der Waals surface area contributed by atoms with E-state index < -0.39 is 11.7 Å². The lowest BCUT2D eigenvalue weighted by Crippen LogP contribution is -2.30. The lowest BCUT2D eigenvalue weighted by Gasteiger charge is -2.19. The molecule has 0 N–H and O–H groups in total. The van der Waals surface area contributed by atoms with Gasteiger partial charge in [-0.25, -0.2) is 0 Å². The average molecular weight is 371 g/mol. The number of nitrogens with zero attached hydrogens (tertiary/aromatic N) is 1. The van der Waals surface area contributed by atoms with Crippen molar-refractivity contribution in [2.45, 2.75) is 20.0 Å². The van der Waals surface area contributed by atoms with Crippen LogP contribution < -0.4 is 0 Å². The molecule has 0 radical (unpaired) electrons. The van der Waals surface area contributed by atoms with Crippen LogP contribution in [0, 0.1) is 3.57 Å². The molecule has 6 heteroatoms. The molecule has 0 saturated carbocycles. The van der Waals surface area contributed by atoms with Gasteiger partial charge in [-0.15, -0.1) is 0 Å². The van der Waals surface area contributed by atoms with Crippen LogP contribution in [-0.4, -0.2) is 23.9 Å². The van der Waals surface area contributed by atoms with Crippen LogP contribution in [-0.2, 0) is 6.18 Å². The molecule has 2 nitrogen and oxygen atoms in total. The Labute approximate surface area is 117 Å². The second kappa shape index (κ2) is 5.90. The number of halogens is 4. The highest BCUT2D eigenvalue weighted by Gasteiger charge is 2.33. The standard InChI is InChI=1S/C12H13F3INO/c1-3-17(4-2)11(18)8-5-6-9(10(16)7-8)12(13,14)15/h5-7H,3-4H2,1-2H3. The fourth-order valence-corrected chi connectivity index (χ4v) is 2.39. The van der Waals surface area contributed by atoms with E-state index >= 15 is 0 Å².